The third-order valence-corrected chi connectivity index (χ3v) is 4.28. The monoisotopic (exact) mass is 293 g/mol. The summed E-state index contributed by atoms with van der Waals surface area (Å²) in [6.07, 6.45) is 3.77. The van der Waals surface area contributed by atoms with Crippen LogP contribution in [0.25, 0.3) is 0 Å². The van der Waals surface area contributed by atoms with Gasteiger partial charge in [-0.3, -0.25) is 4.79 Å². The normalized spacial score (nSPS) is 21.2. The zero-order valence-corrected chi connectivity index (χ0v) is 12.6. The second-order valence-corrected chi connectivity index (χ2v) is 5.86. The zero-order chi connectivity index (χ0) is 15.2. The van der Waals surface area contributed by atoms with Crippen molar-refractivity contribution >= 4 is 5.91 Å². The maximum absolute atomic E-state index is 13.7. The summed E-state index contributed by atoms with van der Waals surface area (Å²) < 4.78 is 13.7. The van der Waals surface area contributed by atoms with Crippen molar-refractivity contribution in [2.75, 3.05) is 13.1 Å². The van der Waals surface area contributed by atoms with Gasteiger partial charge in [-0.1, -0.05) is 38.0 Å². The van der Waals surface area contributed by atoms with Gasteiger partial charge in [0.05, 0.1) is 12.6 Å². The molecule has 0 aliphatic carbocycles. The number of carbonyl (C=O) groups excluding carboxylic acids is 1. The number of likely N-dealkylation sites (tertiary alicyclic amines) is 1. The van der Waals surface area contributed by atoms with E-state index in [4.69, 9.17) is 0 Å². The zero-order valence-electron chi connectivity index (χ0n) is 12.6. The smallest absolute Gasteiger partial charge is 0.222 e. The maximum atomic E-state index is 13.7. The fraction of sp³-hybridized carbons (Fsp3) is 0.588. The van der Waals surface area contributed by atoms with Gasteiger partial charge in [-0.25, -0.2) is 4.39 Å². The summed E-state index contributed by atoms with van der Waals surface area (Å²) in [7, 11) is 0. The number of hydrogen-bond donors (Lipinski definition) is 1. The highest BCUT2D eigenvalue weighted by molar-refractivity contribution is 5.76. The SMILES string of the molecule is CCCC1CCC(=O)N(CC(O)c2ccccc2F)CC1. The quantitative estimate of drug-likeness (QED) is 0.905. The highest BCUT2D eigenvalue weighted by Gasteiger charge is 2.25. The lowest BCUT2D eigenvalue weighted by atomic mass is 9.96. The van der Waals surface area contributed by atoms with Gasteiger partial charge in [0.2, 0.25) is 5.91 Å². The van der Waals surface area contributed by atoms with Crippen LogP contribution in [0.2, 0.25) is 0 Å². The van der Waals surface area contributed by atoms with Crippen molar-refractivity contribution < 1.29 is 14.3 Å². The molecule has 0 saturated carbocycles. The summed E-state index contributed by atoms with van der Waals surface area (Å²) in [5.74, 6) is 0.245. The Morgan fingerprint density at radius 1 is 1.38 bits per heavy atom. The lowest BCUT2D eigenvalue weighted by Gasteiger charge is -2.24. The van der Waals surface area contributed by atoms with Gasteiger partial charge in [-0.2, -0.15) is 0 Å². The molecule has 1 N–H and O–H groups in total. The summed E-state index contributed by atoms with van der Waals surface area (Å²) in [5.41, 5.74) is 0.264. The number of nitrogens with zero attached hydrogens (tertiary/aromatic N) is 1. The first kappa shape index (κ1) is 16.0. The summed E-state index contributed by atoms with van der Waals surface area (Å²) in [6.45, 7) is 3.00. The molecule has 2 atom stereocenters. The molecular weight excluding hydrogens is 269 g/mol. The highest BCUT2D eigenvalue weighted by Crippen LogP contribution is 2.25. The van der Waals surface area contributed by atoms with Crippen molar-refractivity contribution in [3.8, 4) is 0 Å². The van der Waals surface area contributed by atoms with Gasteiger partial charge in [0.15, 0.2) is 0 Å². The Kier molecular flexibility index (Phi) is 5.74. The first-order valence-electron chi connectivity index (χ1n) is 7.82. The van der Waals surface area contributed by atoms with Crippen molar-refractivity contribution in [3.63, 3.8) is 0 Å². The number of β-amino-alcohol motifs (C(OH)–C–C–N with tert-alkyl or cyclic N) is 1. The average molecular weight is 293 g/mol. The third kappa shape index (κ3) is 4.27. The lowest BCUT2D eigenvalue weighted by Crippen LogP contribution is -2.34. The van der Waals surface area contributed by atoms with Crippen LogP contribution in [-0.4, -0.2) is 29.0 Å². The highest BCUT2D eigenvalue weighted by atomic mass is 19.1. The van der Waals surface area contributed by atoms with Crippen molar-refractivity contribution in [2.24, 2.45) is 5.92 Å². The van der Waals surface area contributed by atoms with Gasteiger partial charge in [-0.05, 0) is 24.8 Å². The van der Waals surface area contributed by atoms with Gasteiger partial charge < -0.3 is 10.0 Å². The predicted octanol–water partition coefficient (Wildman–Crippen LogP) is 3.29. The van der Waals surface area contributed by atoms with E-state index in [2.05, 4.69) is 6.92 Å². The molecule has 0 spiro atoms. The van der Waals surface area contributed by atoms with Crippen molar-refractivity contribution in [2.45, 2.75) is 45.1 Å². The van der Waals surface area contributed by atoms with Crippen molar-refractivity contribution in [1.82, 2.24) is 4.90 Å². The summed E-state index contributed by atoms with van der Waals surface area (Å²) >= 11 is 0. The molecular formula is C17H24FNO2. The number of hydrogen-bond acceptors (Lipinski definition) is 2. The van der Waals surface area contributed by atoms with Crippen LogP contribution in [0.4, 0.5) is 4.39 Å². The molecule has 0 aromatic heterocycles. The van der Waals surface area contributed by atoms with Crippen molar-refractivity contribution in [3.05, 3.63) is 35.6 Å². The van der Waals surface area contributed by atoms with Crippen LogP contribution >= 0.6 is 0 Å². The summed E-state index contributed by atoms with van der Waals surface area (Å²) in [6, 6.07) is 6.20. The number of amides is 1. The summed E-state index contributed by atoms with van der Waals surface area (Å²) in [5, 5.41) is 10.2. The van der Waals surface area contributed by atoms with Crippen molar-refractivity contribution in [1.29, 1.82) is 0 Å². The van der Waals surface area contributed by atoms with Gasteiger partial charge in [0.1, 0.15) is 5.82 Å². The van der Waals surface area contributed by atoms with E-state index in [1.807, 2.05) is 0 Å². The van der Waals surface area contributed by atoms with Gasteiger partial charge in [0, 0.05) is 18.5 Å². The molecule has 4 heteroatoms. The molecule has 1 heterocycles. The fourth-order valence-corrected chi connectivity index (χ4v) is 3.04. The van der Waals surface area contributed by atoms with E-state index in [0.717, 1.165) is 25.7 Å². The maximum Gasteiger partial charge on any atom is 0.222 e. The topological polar surface area (TPSA) is 40.5 Å². The van der Waals surface area contributed by atoms with E-state index in [1.54, 1.807) is 23.1 Å². The Bertz CT molecular complexity index is 478. The fourth-order valence-electron chi connectivity index (χ4n) is 3.04. The Hall–Kier alpha value is -1.42. The second kappa shape index (κ2) is 7.55. The van der Waals surface area contributed by atoms with Crippen LogP contribution in [0.1, 0.15) is 50.7 Å². The molecule has 21 heavy (non-hydrogen) atoms. The molecule has 0 radical (unpaired) electrons. The Labute approximate surface area is 125 Å². The van der Waals surface area contributed by atoms with E-state index in [0.29, 0.717) is 18.9 Å². The second-order valence-electron chi connectivity index (χ2n) is 5.86. The molecule has 1 aliphatic rings. The van der Waals surface area contributed by atoms with Crippen LogP contribution in [0.5, 0.6) is 0 Å². The molecule has 2 unspecified atom stereocenters. The Balaban J connectivity index is 1.98. The van der Waals surface area contributed by atoms with Crippen LogP contribution in [0.3, 0.4) is 0 Å². The van der Waals surface area contributed by atoms with E-state index in [1.165, 1.54) is 6.07 Å². The summed E-state index contributed by atoms with van der Waals surface area (Å²) in [4.78, 5) is 13.8. The van der Waals surface area contributed by atoms with Crippen LogP contribution in [-0.2, 0) is 4.79 Å². The molecule has 2 rings (SSSR count). The molecule has 1 aromatic rings. The average Bonchev–Trinajstić information content (AvgIpc) is 2.64. The number of benzene rings is 1. The first-order valence-corrected chi connectivity index (χ1v) is 7.82. The lowest BCUT2D eigenvalue weighted by molar-refractivity contribution is -0.132. The molecule has 0 bridgehead atoms. The van der Waals surface area contributed by atoms with E-state index in [9.17, 15) is 14.3 Å². The molecule has 1 saturated heterocycles. The number of carbonyl (C=O) groups is 1. The van der Waals surface area contributed by atoms with Gasteiger partial charge >= 0.3 is 0 Å². The third-order valence-electron chi connectivity index (χ3n) is 4.28. The molecule has 116 valence electrons. The minimum absolute atomic E-state index is 0.0731. The number of rotatable bonds is 5. The predicted molar refractivity (Wildman–Crippen MR) is 80.2 cm³/mol. The van der Waals surface area contributed by atoms with Crippen LogP contribution in [0.15, 0.2) is 24.3 Å². The number of aliphatic hydroxyl groups is 1. The van der Waals surface area contributed by atoms with E-state index in [-0.39, 0.29) is 18.0 Å². The standard InChI is InChI=1S/C17H24FNO2/c1-2-5-13-8-9-17(21)19(11-10-13)12-16(20)14-6-3-4-7-15(14)18/h3-4,6-7,13,16,20H,2,5,8-12H2,1H3. The van der Waals surface area contributed by atoms with E-state index < -0.39 is 11.9 Å². The van der Waals surface area contributed by atoms with Crippen LogP contribution in [0, 0.1) is 11.7 Å². The Morgan fingerprint density at radius 2 is 2.14 bits per heavy atom. The Morgan fingerprint density at radius 3 is 2.86 bits per heavy atom. The minimum Gasteiger partial charge on any atom is -0.386 e. The number of halogens is 1. The molecule has 1 aromatic carbocycles. The molecule has 1 aliphatic heterocycles. The van der Waals surface area contributed by atoms with Gasteiger partial charge in [0.25, 0.3) is 0 Å². The molecule has 1 amide bonds. The van der Waals surface area contributed by atoms with E-state index >= 15 is 0 Å². The van der Waals surface area contributed by atoms with Crippen LogP contribution < -0.4 is 0 Å². The van der Waals surface area contributed by atoms with Gasteiger partial charge in [-0.15, -0.1) is 0 Å². The molecule has 3 nitrogen and oxygen atoms in total. The molecule has 1 fully saturated rings. The largest absolute Gasteiger partial charge is 0.386 e. The minimum atomic E-state index is -0.960. The first-order chi connectivity index (χ1) is 10.1. The number of aliphatic hydroxyl groups excluding tert-OH is 1.